The summed E-state index contributed by atoms with van der Waals surface area (Å²) in [6.07, 6.45) is 2.25. The number of rotatable bonds is 6. The number of nitrogens with zero attached hydrogens (tertiary/aromatic N) is 1. The molecule has 2 atom stereocenters. The molecule has 0 radical (unpaired) electrons. The monoisotopic (exact) mass is 570 g/mol. The summed E-state index contributed by atoms with van der Waals surface area (Å²) in [7, 11) is -3.34. The number of H-pyrrole nitrogens is 1. The molecule has 2 aliphatic rings. The number of hydrogen-bond donors (Lipinski definition) is 4. The van der Waals surface area contributed by atoms with Crippen LogP contribution in [0.2, 0.25) is 5.02 Å². The highest BCUT2D eigenvalue weighted by atomic mass is 35.5. The minimum atomic E-state index is -3.34. The summed E-state index contributed by atoms with van der Waals surface area (Å²) in [5.74, 6) is -1.52. The number of halogens is 2. The standard InChI is InChI=1S/C25H32ClFN4O6S/c1-24(2,3)37-23(33)29-21-19(22(32)28-16-5-6-18(27)17(26)9-16)20(30-31-21)13-7-14-10-25(34,11-15(14)8-13)12-38(4,35)36/h5-6,9,13-15,34H,7-8,10-12H2,1-4H3,(H,28,32)(H2,29,30,31,33). The molecule has 13 heteroatoms. The van der Waals surface area contributed by atoms with Crippen LogP contribution in [0.1, 0.15) is 68.4 Å². The Morgan fingerprint density at radius 3 is 2.42 bits per heavy atom. The molecule has 208 valence electrons. The number of benzene rings is 1. The fourth-order valence-electron chi connectivity index (χ4n) is 5.75. The first-order valence-corrected chi connectivity index (χ1v) is 14.7. The van der Waals surface area contributed by atoms with Crippen molar-refractivity contribution in [3.8, 4) is 0 Å². The average molecular weight is 571 g/mol. The Hall–Kier alpha value is -2.70. The molecule has 2 amide bonds. The van der Waals surface area contributed by atoms with Gasteiger partial charge >= 0.3 is 6.09 Å². The number of aromatic nitrogens is 2. The van der Waals surface area contributed by atoms with Gasteiger partial charge in [-0.25, -0.2) is 17.6 Å². The van der Waals surface area contributed by atoms with Gasteiger partial charge in [-0.1, -0.05) is 11.6 Å². The lowest BCUT2D eigenvalue weighted by Gasteiger charge is -2.23. The number of amides is 2. The second-order valence-electron chi connectivity index (χ2n) is 11.5. The van der Waals surface area contributed by atoms with Gasteiger partial charge in [-0.15, -0.1) is 0 Å². The molecule has 2 unspecified atom stereocenters. The number of fused-ring (bicyclic) bond motifs is 1. The molecule has 2 aromatic rings. The van der Waals surface area contributed by atoms with E-state index in [4.69, 9.17) is 16.3 Å². The minimum Gasteiger partial charge on any atom is -0.444 e. The molecular weight excluding hydrogens is 539 g/mol. The summed E-state index contributed by atoms with van der Waals surface area (Å²) >= 11 is 5.86. The van der Waals surface area contributed by atoms with Crippen molar-refractivity contribution in [1.29, 1.82) is 0 Å². The van der Waals surface area contributed by atoms with Crippen molar-refractivity contribution in [2.75, 3.05) is 22.6 Å². The molecule has 2 fully saturated rings. The number of sulfone groups is 1. The van der Waals surface area contributed by atoms with Crippen LogP contribution in [0, 0.1) is 17.7 Å². The van der Waals surface area contributed by atoms with E-state index in [2.05, 4.69) is 20.8 Å². The summed E-state index contributed by atoms with van der Waals surface area (Å²) in [4.78, 5) is 25.9. The van der Waals surface area contributed by atoms with E-state index in [0.717, 1.165) is 12.3 Å². The lowest BCUT2D eigenvalue weighted by Crippen LogP contribution is -2.34. The van der Waals surface area contributed by atoms with Crippen molar-refractivity contribution in [2.45, 2.75) is 63.6 Å². The Bertz CT molecular complexity index is 1340. The topological polar surface area (TPSA) is 150 Å². The van der Waals surface area contributed by atoms with E-state index < -0.39 is 38.9 Å². The van der Waals surface area contributed by atoms with E-state index in [0.29, 0.717) is 31.4 Å². The minimum absolute atomic E-state index is 0.0226. The summed E-state index contributed by atoms with van der Waals surface area (Å²) < 4.78 is 42.5. The number of aliphatic hydroxyl groups is 1. The van der Waals surface area contributed by atoms with Crippen LogP contribution < -0.4 is 10.6 Å². The highest BCUT2D eigenvalue weighted by Gasteiger charge is 2.51. The number of ether oxygens (including phenoxy) is 1. The van der Waals surface area contributed by atoms with Crippen LogP contribution in [-0.2, 0) is 14.6 Å². The van der Waals surface area contributed by atoms with Gasteiger partial charge in [-0.3, -0.25) is 15.2 Å². The Kier molecular flexibility index (Phi) is 7.54. The smallest absolute Gasteiger partial charge is 0.413 e. The Morgan fingerprint density at radius 1 is 1.24 bits per heavy atom. The Labute approximate surface area is 225 Å². The molecule has 38 heavy (non-hydrogen) atoms. The summed E-state index contributed by atoms with van der Waals surface area (Å²) in [6, 6.07) is 3.77. The molecule has 4 N–H and O–H groups in total. The first-order chi connectivity index (χ1) is 17.5. The number of aromatic amines is 1. The van der Waals surface area contributed by atoms with Crippen LogP contribution >= 0.6 is 11.6 Å². The van der Waals surface area contributed by atoms with Crippen molar-refractivity contribution in [1.82, 2.24) is 10.2 Å². The largest absolute Gasteiger partial charge is 0.444 e. The summed E-state index contributed by atoms with van der Waals surface area (Å²) in [5.41, 5.74) is -1.17. The molecule has 1 heterocycles. The number of hydrogen-bond acceptors (Lipinski definition) is 7. The van der Waals surface area contributed by atoms with E-state index in [1.807, 2.05) is 0 Å². The third-order valence-corrected chi connectivity index (χ3v) is 8.23. The van der Waals surface area contributed by atoms with Gasteiger partial charge in [0.05, 0.1) is 22.1 Å². The highest BCUT2D eigenvalue weighted by molar-refractivity contribution is 7.90. The van der Waals surface area contributed by atoms with Crippen molar-refractivity contribution in [3.63, 3.8) is 0 Å². The third kappa shape index (κ3) is 6.65. The third-order valence-electron chi connectivity index (χ3n) is 6.88. The lowest BCUT2D eigenvalue weighted by molar-refractivity contribution is 0.0609. The number of nitrogens with one attached hydrogen (secondary N) is 3. The maximum Gasteiger partial charge on any atom is 0.413 e. The molecule has 0 bridgehead atoms. The zero-order valence-electron chi connectivity index (χ0n) is 21.6. The predicted molar refractivity (Wildman–Crippen MR) is 141 cm³/mol. The maximum atomic E-state index is 13.6. The first-order valence-electron chi connectivity index (χ1n) is 12.3. The molecule has 0 spiro atoms. The predicted octanol–water partition coefficient (Wildman–Crippen LogP) is 4.48. The summed E-state index contributed by atoms with van der Waals surface area (Å²) in [6.45, 7) is 5.12. The Morgan fingerprint density at radius 2 is 1.87 bits per heavy atom. The number of carbonyl (C=O) groups is 2. The van der Waals surface area contributed by atoms with Gasteiger partial charge in [0.2, 0.25) is 0 Å². The fraction of sp³-hybridized carbons (Fsp3) is 0.560. The molecule has 4 rings (SSSR count). The molecule has 2 aliphatic carbocycles. The van der Waals surface area contributed by atoms with Gasteiger partial charge in [-0.2, -0.15) is 5.10 Å². The van der Waals surface area contributed by atoms with Crippen molar-refractivity contribution in [3.05, 3.63) is 40.3 Å². The quantitative estimate of drug-likeness (QED) is 0.400. The molecule has 0 saturated heterocycles. The van der Waals surface area contributed by atoms with Crippen LogP contribution in [0.5, 0.6) is 0 Å². The van der Waals surface area contributed by atoms with Crippen LogP contribution in [0.4, 0.5) is 20.7 Å². The first kappa shape index (κ1) is 28.3. The maximum absolute atomic E-state index is 13.6. The van der Waals surface area contributed by atoms with Gasteiger partial charge < -0.3 is 15.2 Å². The van der Waals surface area contributed by atoms with E-state index in [9.17, 15) is 27.5 Å². The van der Waals surface area contributed by atoms with Crippen molar-refractivity contribution >= 4 is 44.9 Å². The van der Waals surface area contributed by atoms with Crippen molar-refractivity contribution in [2.24, 2.45) is 11.8 Å². The van der Waals surface area contributed by atoms with Crippen LogP contribution in [-0.4, -0.2) is 58.9 Å². The van der Waals surface area contributed by atoms with Gasteiger partial charge in [0.25, 0.3) is 5.91 Å². The molecular formula is C25H32ClFN4O6S. The molecule has 1 aromatic carbocycles. The van der Waals surface area contributed by atoms with Crippen LogP contribution in [0.3, 0.4) is 0 Å². The average Bonchev–Trinajstić information content (AvgIpc) is 3.38. The SMILES string of the molecule is CC(C)(C)OC(=O)Nc1n[nH]c(C2CC3CC(O)(CS(C)(=O)=O)CC3C2)c1C(=O)Nc1ccc(F)c(Cl)c1. The fourth-order valence-corrected chi connectivity index (χ4v) is 7.14. The molecule has 1 aromatic heterocycles. The summed E-state index contributed by atoms with van der Waals surface area (Å²) in [5, 5.41) is 23.0. The Balaban J connectivity index is 1.59. The molecule has 2 saturated carbocycles. The van der Waals surface area contributed by atoms with Crippen LogP contribution in [0.25, 0.3) is 0 Å². The second kappa shape index (κ2) is 10.1. The van der Waals surface area contributed by atoms with E-state index in [1.165, 1.54) is 12.1 Å². The van der Waals surface area contributed by atoms with E-state index in [-0.39, 0.29) is 45.6 Å². The van der Waals surface area contributed by atoms with Gasteiger partial charge in [0, 0.05) is 17.9 Å². The number of carbonyl (C=O) groups excluding carboxylic acids is 2. The van der Waals surface area contributed by atoms with E-state index >= 15 is 0 Å². The number of anilines is 2. The van der Waals surface area contributed by atoms with Gasteiger partial charge in [0.1, 0.15) is 26.8 Å². The lowest BCUT2D eigenvalue weighted by atomic mass is 9.92. The normalized spacial score (nSPS) is 25.2. The van der Waals surface area contributed by atoms with Crippen LogP contribution in [0.15, 0.2) is 18.2 Å². The highest BCUT2D eigenvalue weighted by Crippen LogP contribution is 2.54. The zero-order chi connectivity index (χ0) is 28.0. The van der Waals surface area contributed by atoms with E-state index in [1.54, 1.807) is 20.8 Å². The van der Waals surface area contributed by atoms with Gasteiger partial charge in [0.15, 0.2) is 5.82 Å². The zero-order valence-corrected chi connectivity index (χ0v) is 23.2. The second-order valence-corrected chi connectivity index (χ2v) is 14.0. The van der Waals surface area contributed by atoms with Gasteiger partial charge in [-0.05, 0) is 76.5 Å². The van der Waals surface area contributed by atoms with Crippen molar-refractivity contribution < 1.29 is 32.2 Å². The molecule has 10 nitrogen and oxygen atoms in total. The molecule has 0 aliphatic heterocycles.